The van der Waals surface area contributed by atoms with E-state index in [1.807, 2.05) is 66.7 Å². The Kier molecular flexibility index (Phi) is 6.47. The van der Waals surface area contributed by atoms with E-state index >= 15 is 0 Å². The molecule has 35 heavy (non-hydrogen) atoms. The van der Waals surface area contributed by atoms with Crippen LogP contribution in [0.4, 0.5) is 16.2 Å². The Labute approximate surface area is 205 Å². The summed E-state index contributed by atoms with van der Waals surface area (Å²) < 4.78 is 5.45. The highest BCUT2D eigenvalue weighted by Gasteiger charge is 2.18. The fourth-order valence-corrected chi connectivity index (χ4v) is 4.05. The van der Waals surface area contributed by atoms with E-state index in [1.165, 1.54) is 0 Å². The number of primary amides is 1. The van der Waals surface area contributed by atoms with Crippen molar-refractivity contribution in [1.29, 1.82) is 0 Å². The van der Waals surface area contributed by atoms with Crippen LogP contribution in [0.1, 0.15) is 36.7 Å². The van der Waals surface area contributed by atoms with Gasteiger partial charge in [0.05, 0.1) is 18.5 Å². The molecule has 4 rings (SSSR count). The summed E-state index contributed by atoms with van der Waals surface area (Å²) in [6.45, 7) is 6.35. The van der Waals surface area contributed by atoms with Gasteiger partial charge >= 0.3 is 6.03 Å². The Hall–Kier alpha value is -4.32. The van der Waals surface area contributed by atoms with E-state index in [-0.39, 0.29) is 11.4 Å². The van der Waals surface area contributed by atoms with Crippen molar-refractivity contribution >= 4 is 34.1 Å². The molecule has 4 N–H and O–H groups in total. The largest absolute Gasteiger partial charge is 0.495 e. The van der Waals surface area contributed by atoms with E-state index in [0.717, 1.165) is 27.5 Å². The third-order valence-electron chi connectivity index (χ3n) is 5.94. The van der Waals surface area contributed by atoms with Crippen molar-refractivity contribution in [3.05, 3.63) is 90.0 Å². The van der Waals surface area contributed by atoms with E-state index in [2.05, 4.69) is 31.4 Å². The molecule has 0 saturated carbocycles. The Bertz CT molecular complexity index is 1420. The molecule has 0 aliphatic carbocycles. The average molecular weight is 468 g/mol. The second-order valence-corrected chi connectivity index (χ2v) is 9.40. The smallest absolute Gasteiger partial charge is 0.323 e. The first-order valence-electron chi connectivity index (χ1n) is 11.4. The monoisotopic (exact) mass is 467 g/mol. The standard InChI is InChI=1S/C29H29N3O3/c1-29(2,3)20-12-15-26(35-4)25(17-20)32-28(34)31-24-14-13-21(22-10-5-6-11-23(22)24)18-8-7-9-19(16-18)27(30)33/h5-17H,1-4H3,(H2,30,33)(H2,31,32,34). The number of fused-ring (bicyclic) bond motifs is 1. The SMILES string of the molecule is COc1ccc(C(C)(C)C)cc1NC(=O)Nc1ccc(-c2cccc(C(N)=O)c2)c2ccccc12. The number of nitrogens with one attached hydrogen (secondary N) is 2. The van der Waals surface area contributed by atoms with Crippen LogP contribution < -0.4 is 21.1 Å². The molecule has 0 unspecified atom stereocenters. The quantitative estimate of drug-likeness (QED) is 0.310. The highest BCUT2D eigenvalue weighted by atomic mass is 16.5. The molecule has 3 amide bonds. The minimum Gasteiger partial charge on any atom is -0.495 e. The zero-order chi connectivity index (χ0) is 25.2. The molecule has 0 radical (unpaired) electrons. The van der Waals surface area contributed by atoms with E-state index in [0.29, 0.717) is 22.7 Å². The minimum atomic E-state index is -0.475. The van der Waals surface area contributed by atoms with Gasteiger partial charge in [-0.15, -0.1) is 0 Å². The third-order valence-corrected chi connectivity index (χ3v) is 5.94. The van der Waals surface area contributed by atoms with Crippen molar-refractivity contribution < 1.29 is 14.3 Å². The van der Waals surface area contributed by atoms with E-state index in [4.69, 9.17) is 10.5 Å². The number of ether oxygens (including phenoxy) is 1. The Morgan fingerprint density at radius 2 is 1.51 bits per heavy atom. The first-order valence-corrected chi connectivity index (χ1v) is 11.4. The Balaban J connectivity index is 1.66. The molecule has 0 atom stereocenters. The number of urea groups is 1. The molecule has 6 heteroatoms. The summed E-state index contributed by atoms with van der Waals surface area (Å²) in [6, 6.07) is 24.2. The van der Waals surface area contributed by atoms with Crippen LogP contribution in [0.2, 0.25) is 0 Å². The lowest BCUT2D eigenvalue weighted by Gasteiger charge is -2.21. The topological polar surface area (TPSA) is 93.4 Å². The van der Waals surface area contributed by atoms with Crippen LogP contribution in [0, 0.1) is 0 Å². The van der Waals surface area contributed by atoms with Gasteiger partial charge in [0, 0.05) is 10.9 Å². The van der Waals surface area contributed by atoms with Gasteiger partial charge in [0.2, 0.25) is 5.91 Å². The van der Waals surface area contributed by atoms with Crippen LogP contribution in [-0.2, 0) is 5.41 Å². The van der Waals surface area contributed by atoms with Gasteiger partial charge in [0.25, 0.3) is 0 Å². The van der Waals surface area contributed by atoms with Gasteiger partial charge in [0.15, 0.2) is 0 Å². The summed E-state index contributed by atoms with van der Waals surface area (Å²) in [5.41, 5.74) is 10.00. The second-order valence-electron chi connectivity index (χ2n) is 9.40. The van der Waals surface area contributed by atoms with Gasteiger partial charge in [-0.05, 0) is 57.8 Å². The fraction of sp³-hybridized carbons (Fsp3) is 0.172. The second kappa shape index (κ2) is 9.50. The number of benzene rings is 4. The molecule has 0 fully saturated rings. The zero-order valence-electron chi connectivity index (χ0n) is 20.3. The van der Waals surface area contributed by atoms with Crippen LogP contribution in [0.5, 0.6) is 5.75 Å². The van der Waals surface area contributed by atoms with Crippen molar-refractivity contribution in [1.82, 2.24) is 0 Å². The van der Waals surface area contributed by atoms with Gasteiger partial charge in [0.1, 0.15) is 5.75 Å². The highest BCUT2D eigenvalue weighted by Crippen LogP contribution is 2.35. The number of methoxy groups -OCH3 is 1. The van der Waals surface area contributed by atoms with Gasteiger partial charge in [-0.3, -0.25) is 4.79 Å². The molecule has 178 valence electrons. The molecular formula is C29H29N3O3. The summed E-state index contributed by atoms with van der Waals surface area (Å²) in [6.07, 6.45) is 0. The highest BCUT2D eigenvalue weighted by molar-refractivity contribution is 6.10. The van der Waals surface area contributed by atoms with Crippen molar-refractivity contribution in [3.8, 4) is 16.9 Å². The van der Waals surface area contributed by atoms with Crippen molar-refractivity contribution in [3.63, 3.8) is 0 Å². The lowest BCUT2D eigenvalue weighted by atomic mass is 9.87. The predicted octanol–water partition coefficient (Wildman–Crippen LogP) is 6.56. The number of nitrogens with two attached hydrogens (primary N) is 1. The first kappa shape index (κ1) is 23.8. The molecule has 0 spiro atoms. The van der Waals surface area contributed by atoms with Crippen molar-refractivity contribution in [2.45, 2.75) is 26.2 Å². The fourth-order valence-electron chi connectivity index (χ4n) is 4.05. The molecule has 0 aliphatic heterocycles. The number of hydrogen-bond acceptors (Lipinski definition) is 3. The molecular weight excluding hydrogens is 438 g/mol. The maximum Gasteiger partial charge on any atom is 0.323 e. The molecule has 4 aromatic rings. The number of anilines is 2. The van der Waals surface area contributed by atoms with Gasteiger partial charge in [-0.1, -0.05) is 69.3 Å². The van der Waals surface area contributed by atoms with E-state index in [9.17, 15) is 9.59 Å². The molecule has 4 aromatic carbocycles. The summed E-state index contributed by atoms with van der Waals surface area (Å²) >= 11 is 0. The van der Waals surface area contributed by atoms with Crippen LogP contribution in [0.25, 0.3) is 21.9 Å². The predicted molar refractivity (Wildman–Crippen MR) is 142 cm³/mol. The Morgan fingerprint density at radius 1 is 0.800 bits per heavy atom. The maximum atomic E-state index is 13.0. The minimum absolute atomic E-state index is 0.0724. The third kappa shape index (κ3) is 5.11. The first-order chi connectivity index (χ1) is 16.7. The number of rotatable bonds is 5. The molecule has 0 saturated heterocycles. The van der Waals surface area contributed by atoms with Crippen LogP contribution in [-0.4, -0.2) is 19.0 Å². The maximum absolute atomic E-state index is 13.0. The van der Waals surface area contributed by atoms with Crippen LogP contribution >= 0.6 is 0 Å². The summed E-state index contributed by atoms with van der Waals surface area (Å²) in [4.78, 5) is 24.7. The van der Waals surface area contributed by atoms with Gasteiger partial charge < -0.3 is 21.1 Å². The molecule has 0 bridgehead atoms. The molecule has 0 aliphatic rings. The number of carbonyl (C=O) groups excluding carboxylic acids is 2. The number of hydrogen-bond donors (Lipinski definition) is 3. The zero-order valence-corrected chi connectivity index (χ0v) is 20.3. The van der Waals surface area contributed by atoms with Crippen LogP contribution in [0.15, 0.2) is 78.9 Å². The summed E-state index contributed by atoms with van der Waals surface area (Å²) in [7, 11) is 1.58. The molecule has 6 nitrogen and oxygen atoms in total. The molecule has 0 heterocycles. The number of carbonyl (C=O) groups is 2. The van der Waals surface area contributed by atoms with Crippen molar-refractivity contribution in [2.75, 3.05) is 17.7 Å². The van der Waals surface area contributed by atoms with E-state index in [1.54, 1.807) is 19.2 Å². The summed E-state index contributed by atoms with van der Waals surface area (Å²) in [5, 5.41) is 7.72. The average Bonchev–Trinajstić information content (AvgIpc) is 2.83. The van der Waals surface area contributed by atoms with Gasteiger partial charge in [-0.25, -0.2) is 4.79 Å². The van der Waals surface area contributed by atoms with Gasteiger partial charge in [-0.2, -0.15) is 0 Å². The molecule has 0 aromatic heterocycles. The van der Waals surface area contributed by atoms with E-state index < -0.39 is 5.91 Å². The lowest BCUT2D eigenvalue weighted by Crippen LogP contribution is -2.21. The number of amides is 3. The Morgan fingerprint density at radius 3 is 2.20 bits per heavy atom. The summed E-state index contributed by atoms with van der Waals surface area (Å²) in [5.74, 6) is 0.111. The van der Waals surface area contributed by atoms with Crippen molar-refractivity contribution in [2.24, 2.45) is 5.73 Å². The van der Waals surface area contributed by atoms with Crippen LogP contribution in [0.3, 0.4) is 0 Å². The normalized spacial score (nSPS) is 11.2. The lowest BCUT2D eigenvalue weighted by molar-refractivity contribution is 0.100.